The summed E-state index contributed by atoms with van der Waals surface area (Å²) >= 11 is 0. The van der Waals surface area contributed by atoms with Crippen molar-refractivity contribution >= 4 is 5.69 Å². The molecule has 0 atom stereocenters. The minimum atomic E-state index is -4.52. The van der Waals surface area contributed by atoms with Crippen molar-refractivity contribution in [2.24, 2.45) is 5.92 Å². The molecule has 0 unspecified atom stereocenters. The summed E-state index contributed by atoms with van der Waals surface area (Å²) in [6.07, 6.45) is -3.81. The number of halogens is 6. The molecule has 1 aliphatic heterocycles. The fraction of sp³-hybridized carbons (Fsp3) is 0.467. The van der Waals surface area contributed by atoms with Gasteiger partial charge in [0, 0.05) is 18.7 Å². The van der Waals surface area contributed by atoms with Crippen LogP contribution in [0.25, 0.3) is 0 Å². The van der Waals surface area contributed by atoms with E-state index in [9.17, 15) is 26.3 Å². The van der Waals surface area contributed by atoms with Gasteiger partial charge in [0.1, 0.15) is 0 Å². The maximum Gasteiger partial charge on any atom is 0.416 e. The van der Waals surface area contributed by atoms with E-state index in [4.69, 9.17) is 6.42 Å². The minimum Gasteiger partial charge on any atom is -0.370 e. The Morgan fingerprint density at radius 3 is 2.09 bits per heavy atom. The van der Waals surface area contributed by atoms with Crippen LogP contribution in [-0.4, -0.2) is 19.3 Å². The summed E-state index contributed by atoms with van der Waals surface area (Å²) in [4.78, 5) is 1.49. The molecule has 22 heavy (non-hydrogen) atoms. The van der Waals surface area contributed by atoms with Crippen molar-refractivity contribution in [2.75, 3.05) is 18.0 Å². The standard InChI is InChI=1S/C15H13F6N/c1-2-10-3-4-12(15(19,20)21)9-13(10)22-7-5-11(6-8-22)14(16,17)18/h1,3-4,9,11H,5-8H2. The number of hydrogen-bond donors (Lipinski definition) is 0. The minimum absolute atomic E-state index is 0.0279. The second-order valence-electron chi connectivity index (χ2n) is 5.18. The average molecular weight is 321 g/mol. The molecule has 0 aromatic heterocycles. The first-order chi connectivity index (χ1) is 10.1. The lowest BCUT2D eigenvalue weighted by molar-refractivity contribution is -0.179. The van der Waals surface area contributed by atoms with E-state index in [1.165, 1.54) is 11.0 Å². The lowest BCUT2D eigenvalue weighted by Crippen LogP contribution is -2.39. The van der Waals surface area contributed by atoms with Crippen LogP contribution in [0.4, 0.5) is 32.0 Å². The van der Waals surface area contributed by atoms with Crippen LogP contribution >= 0.6 is 0 Å². The number of nitrogens with zero attached hydrogens (tertiary/aromatic N) is 1. The van der Waals surface area contributed by atoms with Gasteiger partial charge in [-0.1, -0.05) is 5.92 Å². The topological polar surface area (TPSA) is 3.24 Å². The number of benzene rings is 1. The molecule has 0 spiro atoms. The highest BCUT2D eigenvalue weighted by Crippen LogP contribution is 2.38. The molecule has 1 aromatic carbocycles. The summed E-state index contributed by atoms with van der Waals surface area (Å²) in [6, 6.07) is 2.96. The first-order valence-electron chi connectivity index (χ1n) is 6.62. The fourth-order valence-electron chi connectivity index (χ4n) is 2.54. The molecule has 120 valence electrons. The number of anilines is 1. The molecule has 0 N–H and O–H groups in total. The van der Waals surface area contributed by atoms with E-state index in [2.05, 4.69) is 5.92 Å². The van der Waals surface area contributed by atoms with Crippen molar-refractivity contribution in [3.63, 3.8) is 0 Å². The van der Waals surface area contributed by atoms with E-state index in [0.29, 0.717) is 0 Å². The molecule has 1 aromatic rings. The lowest BCUT2D eigenvalue weighted by Gasteiger charge is -2.35. The second-order valence-corrected chi connectivity index (χ2v) is 5.18. The molecular weight excluding hydrogens is 308 g/mol. The van der Waals surface area contributed by atoms with E-state index in [1.807, 2.05) is 0 Å². The summed E-state index contributed by atoms with van der Waals surface area (Å²) < 4.78 is 76.2. The van der Waals surface area contributed by atoms with Gasteiger partial charge < -0.3 is 4.90 Å². The van der Waals surface area contributed by atoms with Crippen LogP contribution in [0.2, 0.25) is 0 Å². The van der Waals surface area contributed by atoms with Gasteiger partial charge >= 0.3 is 12.4 Å². The molecule has 0 radical (unpaired) electrons. The smallest absolute Gasteiger partial charge is 0.370 e. The van der Waals surface area contributed by atoms with Crippen molar-refractivity contribution < 1.29 is 26.3 Å². The molecular formula is C15H13F6N. The van der Waals surface area contributed by atoms with Gasteiger partial charge in [0.05, 0.1) is 17.2 Å². The third-order valence-corrected chi connectivity index (χ3v) is 3.78. The summed E-state index contributed by atoms with van der Waals surface area (Å²) in [7, 11) is 0. The van der Waals surface area contributed by atoms with Crippen molar-refractivity contribution in [3.8, 4) is 12.3 Å². The van der Waals surface area contributed by atoms with Gasteiger partial charge in [0.15, 0.2) is 0 Å². The summed E-state index contributed by atoms with van der Waals surface area (Å²) in [5.74, 6) is 0.869. The van der Waals surface area contributed by atoms with Crippen molar-refractivity contribution in [1.82, 2.24) is 0 Å². The predicted octanol–water partition coefficient (Wildman–Crippen LogP) is 4.47. The zero-order chi connectivity index (χ0) is 16.5. The summed E-state index contributed by atoms with van der Waals surface area (Å²) in [5.41, 5.74) is -0.448. The Bertz CT molecular complexity index is 573. The number of piperidine rings is 1. The molecule has 7 heteroatoms. The molecule has 0 saturated carbocycles. The van der Waals surface area contributed by atoms with E-state index < -0.39 is 23.8 Å². The Balaban J connectivity index is 2.24. The van der Waals surface area contributed by atoms with Gasteiger partial charge in [-0.2, -0.15) is 26.3 Å². The zero-order valence-electron chi connectivity index (χ0n) is 11.4. The third kappa shape index (κ3) is 3.49. The fourth-order valence-corrected chi connectivity index (χ4v) is 2.54. The van der Waals surface area contributed by atoms with E-state index in [0.717, 1.165) is 12.1 Å². The number of hydrogen-bond acceptors (Lipinski definition) is 1. The van der Waals surface area contributed by atoms with Crippen LogP contribution in [0.5, 0.6) is 0 Å². The maximum atomic E-state index is 12.8. The molecule has 0 bridgehead atoms. The van der Waals surface area contributed by atoms with Crippen LogP contribution in [0, 0.1) is 18.3 Å². The zero-order valence-corrected chi connectivity index (χ0v) is 11.4. The molecule has 1 saturated heterocycles. The number of alkyl halides is 6. The average Bonchev–Trinajstić information content (AvgIpc) is 2.45. The van der Waals surface area contributed by atoms with Gasteiger partial charge in [0.2, 0.25) is 0 Å². The van der Waals surface area contributed by atoms with Gasteiger partial charge in [-0.15, -0.1) is 6.42 Å². The Labute approximate surface area is 123 Å². The first kappa shape index (κ1) is 16.5. The molecule has 0 amide bonds. The van der Waals surface area contributed by atoms with Gasteiger partial charge in [0.25, 0.3) is 0 Å². The Morgan fingerprint density at radius 1 is 1.05 bits per heavy atom. The van der Waals surface area contributed by atoms with E-state index >= 15 is 0 Å². The molecule has 2 rings (SSSR count). The number of rotatable bonds is 1. The highest BCUT2D eigenvalue weighted by molar-refractivity contribution is 5.62. The first-order valence-corrected chi connectivity index (χ1v) is 6.62. The van der Waals surface area contributed by atoms with Gasteiger partial charge in [-0.05, 0) is 31.0 Å². The largest absolute Gasteiger partial charge is 0.416 e. The predicted molar refractivity (Wildman–Crippen MR) is 70.4 cm³/mol. The highest BCUT2D eigenvalue weighted by Gasteiger charge is 2.41. The van der Waals surface area contributed by atoms with Crippen LogP contribution in [0.3, 0.4) is 0 Å². The Kier molecular flexibility index (Phi) is 4.32. The van der Waals surface area contributed by atoms with Crippen LogP contribution in [0.15, 0.2) is 18.2 Å². The summed E-state index contributed by atoms with van der Waals surface area (Å²) in [6.45, 7) is 0.0559. The van der Waals surface area contributed by atoms with Gasteiger partial charge in [-0.25, -0.2) is 0 Å². The van der Waals surface area contributed by atoms with E-state index in [1.54, 1.807) is 0 Å². The Hall–Kier alpha value is -1.84. The monoisotopic (exact) mass is 321 g/mol. The van der Waals surface area contributed by atoms with Crippen LogP contribution in [-0.2, 0) is 6.18 Å². The van der Waals surface area contributed by atoms with Crippen LogP contribution in [0.1, 0.15) is 24.0 Å². The Morgan fingerprint density at radius 2 is 1.64 bits per heavy atom. The molecule has 1 aliphatic rings. The quantitative estimate of drug-likeness (QED) is 0.545. The van der Waals surface area contributed by atoms with Crippen molar-refractivity contribution in [1.29, 1.82) is 0 Å². The van der Waals surface area contributed by atoms with Crippen LogP contribution < -0.4 is 4.90 Å². The molecule has 1 heterocycles. The van der Waals surface area contributed by atoms with Crippen molar-refractivity contribution in [2.45, 2.75) is 25.2 Å². The van der Waals surface area contributed by atoms with E-state index in [-0.39, 0.29) is 37.2 Å². The molecule has 1 fully saturated rings. The van der Waals surface area contributed by atoms with Crippen molar-refractivity contribution in [3.05, 3.63) is 29.3 Å². The van der Waals surface area contributed by atoms with Gasteiger partial charge in [-0.3, -0.25) is 0 Å². The lowest BCUT2D eigenvalue weighted by atomic mass is 9.95. The maximum absolute atomic E-state index is 12.8. The number of terminal acetylenes is 1. The third-order valence-electron chi connectivity index (χ3n) is 3.78. The highest BCUT2D eigenvalue weighted by atomic mass is 19.4. The SMILES string of the molecule is C#Cc1ccc(C(F)(F)F)cc1N1CCC(C(F)(F)F)CC1. The second kappa shape index (κ2) is 5.75. The normalized spacial score (nSPS) is 17.4. The summed E-state index contributed by atoms with van der Waals surface area (Å²) in [5, 5.41) is 0. The molecule has 0 aliphatic carbocycles. The molecule has 1 nitrogen and oxygen atoms in total.